The highest BCUT2D eigenvalue weighted by Gasteiger charge is 2.25. The molecule has 0 radical (unpaired) electrons. The van der Waals surface area contributed by atoms with E-state index in [9.17, 15) is 10.1 Å². The van der Waals surface area contributed by atoms with Gasteiger partial charge in [-0.2, -0.15) is 0 Å². The number of aryl methyl sites for hydroxylation is 1. The molecule has 3 rings (SSSR count). The molecule has 0 saturated carbocycles. The molecule has 0 bridgehead atoms. The van der Waals surface area contributed by atoms with Crippen LogP contribution in [0.1, 0.15) is 16.8 Å². The van der Waals surface area contributed by atoms with E-state index in [-0.39, 0.29) is 5.69 Å². The van der Waals surface area contributed by atoms with Crippen molar-refractivity contribution in [2.75, 3.05) is 4.90 Å². The fourth-order valence-electron chi connectivity index (χ4n) is 2.71. The van der Waals surface area contributed by atoms with Crippen LogP contribution in [0.2, 0.25) is 0 Å². The smallest absolute Gasteiger partial charge is 0.332 e. The highest BCUT2D eigenvalue weighted by atomic mass is 16.6. The first-order valence-electron chi connectivity index (χ1n) is 7.94. The maximum absolute atomic E-state index is 11.6. The number of aromatic nitrogens is 2. The van der Waals surface area contributed by atoms with E-state index in [0.29, 0.717) is 24.6 Å². The minimum atomic E-state index is -0.409. The van der Waals surface area contributed by atoms with Gasteiger partial charge in [-0.15, -0.1) is 0 Å². The maximum Gasteiger partial charge on any atom is 0.332 e. The fraction of sp³-hybridized carbons (Fsp3) is 0.158. The van der Waals surface area contributed by atoms with Crippen LogP contribution in [0.15, 0.2) is 67.0 Å². The molecule has 25 heavy (non-hydrogen) atoms. The van der Waals surface area contributed by atoms with Crippen LogP contribution in [0.3, 0.4) is 0 Å². The van der Waals surface area contributed by atoms with Gasteiger partial charge in [-0.25, -0.2) is 9.97 Å². The van der Waals surface area contributed by atoms with Gasteiger partial charge >= 0.3 is 5.69 Å². The van der Waals surface area contributed by atoms with E-state index >= 15 is 0 Å². The number of rotatable bonds is 6. The van der Waals surface area contributed by atoms with Gasteiger partial charge in [0.25, 0.3) is 0 Å². The van der Waals surface area contributed by atoms with Gasteiger partial charge in [0, 0.05) is 13.1 Å². The molecule has 0 spiro atoms. The monoisotopic (exact) mass is 334 g/mol. The van der Waals surface area contributed by atoms with Crippen molar-refractivity contribution in [2.24, 2.45) is 0 Å². The normalized spacial score (nSPS) is 10.4. The average molecular weight is 334 g/mol. The molecule has 6 nitrogen and oxygen atoms in total. The summed E-state index contributed by atoms with van der Waals surface area (Å²) < 4.78 is 0. The second kappa shape index (κ2) is 7.53. The third kappa shape index (κ3) is 3.98. The molecule has 126 valence electrons. The second-order valence-electron chi connectivity index (χ2n) is 5.72. The third-order valence-electron chi connectivity index (χ3n) is 3.90. The Morgan fingerprint density at radius 1 is 0.920 bits per heavy atom. The Balaban J connectivity index is 2.02. The molecule has 1 heterocycles. The van der Waals surface area contributed by atoms with E-state index in [1.165, 1.54) is 6.33 Å². The molecule has 0 aliphatic carbocycles. The lowest BCUT2D eigenvalue weighted by Crippen LogP contribution is -2.24. The SMILES string of the molecule is Cc1ncnc(N(Cc2ccccc2)Cc2ccccc2)c1[N+](=O)[O-]. The Kier molecular flexibility index (Phi) is 4.99. The summed E-state index contributed by atoms with van der Waals surface area (Å²) in [6.07, 6.45) is 1.38. The van der Waals surface area contributed by atoms with Gasteiger partial charge in [0.05, 0.1) is 4.92 Å². The van der Waals surface area contributed by atoms with Gasteiger partial charge in [0.1, 0.15) is 12.0 Å². The number of hydrogen-bond donors (Lipinski definition) is 0. The summed E-state index contributed by atoms with van der Waals surface area (Å²) >= 11 is 0. The zero-order valence-corrected chi connectivity index (χ0v) is 13.9. The summed E-state index contributed by atoms with van der Waals surface area (Å²) in [5, 5.41) is 11.6. The summed E-state index contributed by atoms with van der Waals surface area (Å²) in [7, 11) is 0. The molecular formula is C19H18N4O2. The summed E-state index contributed by atoms with van der Waals surface area (Å²) in [5.74, 6) is 0.338. The summed E-state index contributed by atoms with van der Waals surface area (Å²) in [5.41, 5.74) is 2.43. The minimum Gasteiger partial charge on any atom is -0.342 e. The molecule has 0 aliphatic rings. The summed E-state index contributed by atoms with van der Waals surface area (Å²) in [6, 6.07) is 19.7. The van der Waals surface area contributed by atoms with Gasteiger partial charge in [-0.05, 0) is 18.1 Å². The summed E-state index contributed by atoms with van der Waals surface area (Å²) in [6.45, 7) is 2.67. The van der Waals surface area contributed by atoms with Crippen molar-refractivity contribution in [3.05, 3.63) is 93.9 Å². The predicted molar refractivity (Wildman–Crippen MR) is 96.2 cm³/mol. The van der Waals surface area contributed by atoms with Gasteiger partial charge in [-0.1, -0.05) is 60.7 Å². The van der Waals surface area contributed by atoms with Crippen LogP contribution in [0.4, 0.5) is 11.5 Å². The van der Waals surface area contributed by atoms with E-state index in [2.05, 4.69) is 9.97 Å². The van der Waals surface area contributed by atoms with Crippen molar-refractivity contribution in [3.63, 3.8) is 0 Å². The average Bonchev–Trinajstić information content (AvgIpc) is 2.62. The van der Waals surface area contributed by atoms with E-state index in [1.54, 1.807) is 6.92 Å². The van der Waals surface area contributed by atoms with Crippen LogP contribution < -0.4 is 4.90 Å². The maximum atomic E-state index is 11.6. The van der Waals surface area contributed by atoms with Crippen LogP contribution >= 0.6 is 0 Å². The highest BCUT2D eigenvalue weighted by molar-refractivity contribution is 5.60. The number of hydrogen-bond acceptors (Lipinski definition) is 5. The first kappa shape index (κ1) is 16.6. The Hall–Kier alpha value is -3.28. The molecule has 6 heteroatoms. The Labute approximate surface area is 145 Å². The van der Waals surface area contributed by atoms with Crippen molar-refractivity contribution in [1.29, 1.82) is 0 Å². The molecular weight excluding hydrogens is 316 g/mol. The lowest BCUT2D eigenvalue weighted by Gasteiger charge is -2.24. The molecule has 0 amide bonds. The van der Waals surface area contributed by atoms with Crippen molar-refractivity contribution < 1.29 is 4.92 Å². The van der Waals surface area contributed by atoms with Crippen LogP contribution in [0.5, 0.6) is 0 Å². The van der Waals surface area contributed by atoms with Gasteiger partial charge in [0.2, 0.25) is 5.82 Å². The molecule has 1 aromatic heterocycles. The first-order chi connectivity index (χ1) is 12.1. The molecule has 0 atom stereocenters. The minimum absolute atomic E-state index is 0.0469. The molecule has 2 aromatic carbocycles. The molecule has 0 aliphatic heterocycles. The number of anilines is 1. The predicted octanol–water partition coefficient (Wildman–Crippen LogP) is 3.90. The molecule has 0 N–H and O–H groups in total. The summed E-state index contributed by atoms with van der Waals surface area (Å²) in [4.78, 5) is 21.3. The standard InChI is InChI=1S/C19H18N4O2/c1-15-18(23(24)25)19(21-14-20-15)22(12-16-8-4-2-5-9-16)13-17-10-6-3-7-11-17/h2-11,14H,12-13H2,1H3. The van der Waals surface area contributed by atoms with Crippen LogP contribution in [0.25, 0.3) is 0 Å². The largest absolute Gasteiger partial charge is 0.342 e. The topological polar surface area (TPSA) is 72.2 Å². The Morgan fingerprint density at radius 3 is 1.92 bits per heavy atom. The van der Waals surface area contributed by atoms with Crippen molar-refractivity contribution in [2.45, 2.75) is 20.0 Å². The zero-order chi connectivity index (χ0) is 17.6. The fourth-order valence-corrected chi connectivity index (χ4v) is 2.71. The number of nitro groups is 1. The van der Waals surface area contributed by atoms with Gasteiger partial charge in [-0.3, -0.25) is 10.1 Å². The van der Waals surface area contributed by atoms with Crippen LogP contribution in [0, 0.1) is 17.0 Å². The van der Waals surface area contributed by atoms with Crippen molar-refractivity contribution in [3.8, 4) is 0 Å². The molecule has 0 fully saturated rings. The molecule has 0 saturated heterocycles. The lowest BCUT2D eigenvalue weighted by molar-refractivity contribution is -0.385. The highest BCUT2D eigenvalue weighted by Crippen LogP contribution is 2.30. The number of nitrogens with zero attached hydrogens (tertiary/aromatic N) is 4. The number of benzene rings is 2. The van der Waals surface area contributed by atoms with E-state index < -0.39 is 4.92 Å². The van der Waals surface area contributed by atoms with Crippen LogP contribution in [-0.4, -0.2) is 14.9 Å². The van der Waals surface area contributed by atoms with E-state index in [0.717, 1.165) is 11.1 Å². The quantitative estimate of drug-likeness (QED) is 0.505. The van der Waals surface area contributed by atoms with Crippen molar-refractivity contribution in [1.82, 2.24) is 9.97 Å². The Morgan fingerprint density at radius 2 is 1.44 bits per heavy atom. The molecule has 3 aromatic rings. The lowest BCUT2D eigenvalue weighted by atomic mass is 10.1. The van der Waals surface area contributed by atoms with Gasteiger partial charge < -0.3 is 4.90 Å². The third-order valence-corrected chi connectivity index (χ3v) is 3.90. The molecule has 0 unspecified atom stereocenters. The Bertz CT molecular complexity index is 812. The zero-order valence-electron chi connectivity index (χ0n) is 13.9. The van der Waals surface area contributed by atoms with Crippen LogP contribution in [-0.2, 0) is 13.1 Å². The second-order valence-corrected chi connectivity index (χ2v) is 5.72. The van der Waals surface area contributed by atoms with Crippen molar-refractivity contribution >= 4 is 11.5 Å². The van der Waals surface area contributed by atoms with E-state index in [1.807, 2.05) is 65.6 Å². The first-order valence-corrected chi connectivity index (χ1v) is 7.94. The van der Waals surface area contributed by atoms with E-state index in [4.69, 9.17) is 0 Å². The van der Waals surface area contributed by atoms with Gasteiger partial charge in [0.15, 0.2) is 0 Å².